The summed E-state index contributed by atoms with van der Waals surface area (Å²) >= 11 is 0. The van der Waals surface area contributed by atoms with Crippen LogP contribution in [-0.2, 0) is 16.0 Å². The third-order valence-corrected chi connectivity index (χ3v) is 5.36. The highest BCUT2D eigenvalue weighted by molar-refractivity contribution is 5.78. The number of hydrogen-bond acceptors (Lipinski definition) is 6. The van der Waals surface area contributed by atoms with E-state index in [1.165, 1.54) is 0 Å². The van der Waals surface area contributed by atoms with Crippen LogP contribution in [0.2, 0.25) is 0 Å². The van der Waals surface area contributed by atoms with Crippen LogP contribution < -0.4 is 0 Å². The van der Waals surface area contributed by atoms with Crippen molar-refractivity contribution in [2.45, 2.75) is 43.6 Å². The SMILES string of the molecule is CN(C1CCN(C(=O)Cc2cccnc2)CC1)[C@@H]1COC[C@@H](O)[C@H]1O. The summed E-state index contributed by atoms with van der Waals surface area (Å²) in [6.45, 7) is 2.03. The number of aromatic nitrogens is 1. The molecule has 2 fully saturated rings. The average Bonchev–Trinajstić information content (AvgIpc) is 2.64. The van der Waals surface area contributed by atoms with Crippen LogP contribution in [0.4, 0.5) is 0 Å². The lowest BCUT2D eigenvalue weighted by Crippen LogP contribution is -2.58. The second-order valence-corrected chi connectivity index (χ2v) is 6.98. The summed E-state index contributed by atoms with van der Waals surface area (Å²) in [5, 5.41) is 20.0. The topological polar surface area (TPSA) is 86.1 Å². The maximum absolute atomic E-state index is 12.4. The van der Waals surface area contributed by atoms with E-state index in [9.17, 15) is 15.0 Å². The van der Waals surface area contributed by atoms with Crippen LogP contribution in [0, 0.1) is 0 Å². The maximum Gasteiger partial charge on any atom is 0.227 e. The predicted molar refractivity (Wildman–Crippen MR) is 91.9 cm³/mol. The second kappa shape index (κ2) is 8.23. The number of carbonyl (C=O) groups is 1. The molecule has 7 nitrogen and oxygen atoms in total. The summed E-state index contributed by atoms with van der Waals surface area (Å²) in [5.74, 6) is 0.130. The smallest absolute Gasteiger partial charge is 0.227 e. The molecule has 2 saturated heterocycles. The molecule has 2 aliphatic heterocycles. The molecular formula is C18H27N3O4. The van der Waals surface area contributed by atoms with Crippen molar-refractivity contribution in [1.29, 1.82) is 0 Å². The fourth-order valence-electron chi connectivity index (χ4n) is 3.70. The molecule has 1 aromatic heterocycles. The van der Waals surface area contributed by atoms with Gasteiger partial charge in [0.25, 0.3) is 0 Å². The van der Waals surface area contributed by atoms with E-state index >= 15 is 0 Å². The lowest BCUT2D eigenvalue weighted by Gasteiger charge is -2.44. The van der Waals surface area contributed by atoms with Crippen LogP contribution in [0.3, 0.4) is 0 Å². The van der Waals surface area contributed by atoms with Crippen LogP contribution >= 0.6 is 0 Å². The number of hydrogen-bond donors (Lipinski definition) is 2. The van der Waals surface area contributed by atoms with E-state index in [1.54, 1.807) is 12.4 Å². The highest BCUT2D eigenvalue weighted by atomic mass is 16.5. The first-order valence-electron chi connectivity index (χ1n) is 8.88. The molecule has 0 radical (unpaired) electrons. The zero-order chi connectivity index (χ0) is 17.8. The van der Waals surface area contributed by atoms with Gasteiger partial charge in [0.1, 0.15) is 6.10 Å². The summed E-state index contributed by atoms with van der Waals surface area (Å²) in [6, 6.07) is 3.83. The highest BCUT2D eigenvalue weighted by Gasteiger charge is 2.37. The van der Waals surface area contributed by atoms with Crippen molar-refractivity contribution >= 4 is 5.91 Å². The summed E-state index contributed by atoms with van der Waals surface area (Å²) in [4.78, 5) is 20.5. The number of piperidine rings is 1. The van der Waals surface area contributed by atoms with Gasteiger partial charge in [-0.2, -0.15) is 0 Å². The molecular weight excluding hydrogens is 322 g/mol. The zero-order valence-corrected chi connectivity index (χ0v) is 14.6. The molecule has 25 heavy (non-hydrogen) atoms. The maximum atomic E-state index is 12.4. The number of pyridine rings is 1. The van der Waals surface area contributed by atoms with Gasteiger partial charge in [0.05, 0.1) is 31.8 Å². The molecule has 3 rings (SSSR count). The predicted octanol–water partition coefficient (Wildman–Crippen LogP) is -0.332. The molecule has 138 valence electrons. The number of rotatable bonds is 4. The molecule has 0 saturated carbocycles. The Balaban J connectivity index is 1.50. The van der Waals surface area contributed by atoms with Crippen molar-refractivity contribution in [2.24, 2.45) is 0 Å². The first-order valence-corrected chi connectivity index (χ1v) is 8.88. The van der Waals surface area contributed by atoms with E-state index in [1.807, 2.05) is 24.1 Å². The average molecular weight is 349 g/mol. The van der Waals surface area contributed by atoms with Crippen molar-refractivity contribution in [3.05, 3.63) is 30.1 Å². The number of amides is 1. The first kappa shape index (κ1) is 18.3. The Kier molecular flexibility index (Phi) is 6.01. The van der Waals surface area contributed by atoms with Gasteiger partial charge in [0.2, 0.25) is 5.91 Å². The molecule has 0 bridgehead atoms. The number of ether oxygens (including phenoxy) is 1. The Morgan fingerprint density at radius 2 is 2.12 bits per heavy atom. The van der Waals surface area contributed by atoms with E-state index in [4.69, 9.17) is 4.74 Å². The molecule has 3 heterocycles. The van der Waals surface area contributed by atoms with E-state index < -0.39 is 12.2 Å². The number of nitrogens with zero attached hydrogens (tertiary/aromatic N) is 3. The quantitative estimate of drug-likeness (QED) is 0.774. The van der Waals surface area contributed by atoms with Crippen molar-refractivity contribution < 1.29 is 19.7 Å². The Labute approximate surface area is 148 Å². The Bertz CT molecular complexity index is 563. The molecule has 2 aliphatic rings. The summed E-state index contributed by atoms with van der Waals surface area (Å²) < 4.78 is 5.38. The van der Waals surface area contributed by atoms with Crippen molar-refractivity contribution in [3.8, 4) is 0 Å². The van der Waals surface area contributed by atoms with Crippen molar-refractivity contribution in [3.63, 3.8) is 0 Å². The Morgan fingerprint density at radius 3 is 2.80 bits per heavy atom. The van der Waals surface area contributed by atoms with Gasteiger partial charge in [-0.1, -0.05) is 6.07 Å². The van der Waals surface area contributed by atoms with Crippen LogP contribution in [0.15, 0.2) is 24.5 Å². The highest BCUT2D eigenvalue weighted by Crippen LogP contribution is 2.22. The minimum Gasteiger partial charge on any atom is -0.389 e. The van der Waals surface area contributed by atoms with Gasteiger partial charge in [-0.05, 0) is 31.5 Å². The molecule has 7 heteroatoms. The van der Waals surface area contributed by atoms with Crippen LogP contribution in [0.25, 0.3) is 0 Å². The zero-order valence-electron chi connectivity index (χ0n) is 14.6. The normalized spacial score (nSPS) is 28.3. The van der Waals surface area contributed by atoms with Gasteiger partial charge >= 0.3 is 0 Å². The number of aliphatic hydroxyl groups is 2. The van der Waals surface area contributed by atoms with E-state index in [0.29, 0.717) is 26.1 Å². The van der Waals surface area contributed by atoms with E-state index in [0.717, 1.165) is 18.4 Å². The van der Waals surface area contributed by atoms with Crippen LogP contribution in [-0.4, -0.2) is 88.5 Å². The first-order chi connectivity index (χ1) is 12.1. The fraction of sp³-hybridized carbons (Fsp3) is 0.667. The number of likely N-dealkylation sites (tertiary alicyclic amines) is 1. The number of likely N-dealkylation sites (N-methyl/N-ethyl adjacent to an activating group) is 1. The largest absolute Gasteiger partial charge is 0.389 e. The molecule has 0 unspecified atom stereocenters. The summed E-state index contributed by atoms with van der Waals surface area (Å²) in [6.07, 6.45) is 3.91. The Hall–Kier alpha value is -1.54. The van der Waals surface area contributed by atoms with Crippen molar-refractivity contribution in [1.82, 2.24) is 14.8 Å². The van der Waals surface area contributed by atoms with Crippen LogP contribution in [0.5, 0.6) is 0 Å². The van der Waals surface area contributed by atoms with Gasteiger partial charge in [0, 0.05) is 31.5 Å². The standard InChI is InChI=1S/C18H27N3O4/c1-20(15-11-25-12-16(22)18(15)24)14-4-7-21(8-5-14)17(23)9-13-3-2-6-19-10-13/h2-3,6,10,14-16,18,22,24H,4-5,7-9,11-12H2,1H3/t15-,16-,18+/m1/s1. The molecule has 2 N–H and O–H groups in total. The lowest BCUT2D eigenvalue weighted by atomic mass is 9.97. The third kappa shape index (κ3) is 4.36. The van der Waals surface area contributed by atoms with Crippen LogP contribution in [0.1, 0.15) is 18.4 Å². The minimum atomic E-state index is -0.831. The van der Waals surface area contributed by atoms with E-state index in [2.05, 4.69) is 9.88 Å². The molecule has 0 aliphatic carbocycles. The van der Waals surface area contributed by atoms with Gasteiger partial charge in [-0.3, -0.25) is 14.7 Å². The van der Waals surface area contributed by atoms with Gasteiger partial charge in [0.15, 0.2) is 0 Å². The lowest BCUT2D eigenvalue weighted by molar-refractivity contribution is -0.141. The summed E-state index contributed by atoms with van der Waals surface area (Å²) in [5.41, 5.74) is 0.934. The molecule has 3 atom stereocenters. The molecule has 0 aromatic carbocycles. The van der Waals surface area contributed by atoms with Gasteiger partial charge in [-0.25, -0.2) is 0 Å². The Morgan fingerprint density at radius 1 is 1.36 bits per heavy atom. The molecule has 0 spiro atoms. The fourth-order valence-corrected chi connectivity index (χ4v) is 3.70. The minimum absolute atomic E-state index is 0.130. The number of carbonyl (C=O) groups excluding carboxylic acids is 1. The molecule has 1 amide bonds. The summed E-state index contributed by atoms with van der Waals surface area (Å²) in [7, 11) is 1.97. The van der Waals surface area contributed by atoms with Crippen molar-refractivity contribution in [2.75, 3.05) is 33.4 Å². The van der Waals surface area contributed by atoms with Gasteiger partial charge in [-0.15, -0.1) is 0 Å². The van der Waals surface area contributed by atoms with Gasteiger partial charge < -0.3 is 19.8 Å². The van der Waals surface area contributed by atoms with E-state index in [-0.39, 0.29) is 24.6 Å². The third-order valence-electron chi connectivity index (χ3n) is 5.36. The second-order valence-electron chi connectivity index (χ2n) is 6.98. The molecule has 1 aromatic rings. The number of aliphatic hydroxyl groups excluding tert-OH is 2. The monoisotopic (exact) mass is 349 g/mol.